The smallest absolute Gasteiger partial charge is 0.235 e. The molecule has 0 saturated heterocycles. The van der Waals surface area contributed by atoms with Crippen LogP contribution in [0, 0.1) is 0 Å². The van der Waals surface area contributed by atoms with E-state index in [1.807, 2.05) is 19.1 Å². The van der Waals surface area contributed by atoms with E-state index in [9.17, 15) is 4.79 Å². The predicted octanol–water partition coefficient (Wildman–Crippen LogP) is 1.29. The molecule has 14 heavy (non-hydrogen) atoms. The number of nitrogen functional groups attached to an aromatic ring is 1. The molecular weight excluding hydrogens is 178 g/mol. The molecule has 4 heteroatoms. The quantitative estimate of drug-likeness (QED) is 0.500. The van der Waals surface area contributed by atoms with Crippen LogP contribution in [0.1, 0.15) is 19.4 Å². The number of aryl methyl sites for hydroxylation is 1. The lowest BCUT2D eigenvalue weighted by molar-refractivity contribution is -0.118. The zero-order valence-corrected chi connectivity index (χ0v) is 8.42. The molecule has 1 aromatic carbocycles. The van der Waals surface area contributed by atoms with E-state index in [-0.39, 0.29) is 5.91 Å². The van der Waals surface area contributed by atoms with E-state index in [1.54, 1.807) is 6.07 Å². The Morgan fingerprint density at radius 2 is 2.21 bits per heavy atom. The number of amides is 1. The lowest BCUT2D eigenvalue weighted by Gasteiger charge is -2.11. The van der Waals surface area contributed by atoms with E-state index in [0.29, 0.717) is 0 Å². The summed E-state index contributed by atoms with van der Waals surface area (Å²) in [6.07, 6.45) is 0.868. The zero-order chi connectivity index (χ0) is 10.6. The summed E-state index contributed by atoms with van der Waals surface area (Å²) in [6, 6.07) is 5.54. The summed E-state index contributed by atoms with van der Waals surface area (Å²) < 4.78 is 0. The molecule has 0 spiro atoms. The highest BCUT2D eigenvalue weighted by Crippen LogP contribution is 2.18. The van der Waals surface area contributed by atoms with E-state index < -0.39 is 0 Å². The van der Waals surface area contributed by atoms with Gasteiger partial charge < -0.3 is 5.73 Å². The van der Waals surface area contributed by atoms with Crippen LogP contribution in [0.4, 0.5) is 11.4 Å². The van der Waals surface area contributed by atoms with Crippen LogP contribution in [0.15, 0.2) is 18.2 Å². The van der Waals surface area contributed by atoms with Crippen molar-refractivity contribution in [1.29, 1.82) is 0 Å². The fourth-order valence-corrected chi connectivity index (χ4v) is 1.18. The van der Waals surface area contributed by atoms with Gasteiger partial charge >= 0.3 is 0 Å². The lowest BCUT2D eigenvalue weighted by Crippen LogP contribution is -2.27. The number of nitrogens with one attached hydrogen (secondary N) is 2. The number of nitrogens with two attached hydrogens (primary N) is 1. The van der Waals surface area contributed by atoms with Crippen LogP contribution >= 0.6 is 0 Å². The van der Waals surface area contributed by atoms with Crippen LogP contribution in [0.5, 0.6) is 0 Å². The molecule has 0 unspecified atom stereocenters. The first-order valence-electron chi connectivity index (χ1n) is 4.54. The van der Waals surface area contributed by atoms with Crippen molar-refractivity contribution in [2.24, 2.45) is 0 Å². The fourth-order valence-electron chi connectivity index (χ4n) is 1.18. The Morgan fingerprint density at radius 1 is 1.50 bits per heavy atom. The van der Waals surface area contributed by atoms with Gasteiger partial charge in [-0.15, -0.1) is 0 Å². The minimum atomic E-state index is -0.121. The van der Waals surface area contributed by atoms with Gasteiger partial charge in [0.05, 0.1) is 5.69 Å². The number of benzene rings is 1. The molecule has 1 rings (SSSR count). The van der Waals surface area contributed by atoms with E-state index in [1.165, 1.54) is 6.92 Å². The molecule has 0 bridgehead atoms. The maximum atomic E-state index is 10.7. The summed E-state index contributed by atoms with van der Waals surface area (Å²) >= 11 is 0. The van der Waals surface area contributed by atoms with Gasteiger partial charge in [0, 0.05) is 12.6 Å². The monoisotopic (exact) mass is 193 g/mol. The number of carbonyl (C=O) groups excluding carboxylic acids is 1. The van der Waals surface area contributed by atoms with Crippen molar-refractivity contribution in [2.75, 3.05) is 11.2 Å². The average Bonchev–Trinajstić information content (AvgIpc) is 2.15. The minimum Gasteiger partial charge on any atom is -0.399 e. The number of rotatable bonds is 3. The normalized spacial score (nSPS) is 9.57. The van der Waals surface area contributed by atoms with Gasteiger partial charge in [0.15, 0.2) is 0 Å². The molecule has 1 amide bonds. The summed E-state index contributed by atoms with van der Waals surface area (Å²) in [4.78, 5) is 10.7. The van der Waals surface area contributed by atoms with Crippen molar-refractivity contribution in [3.63, 3.8) is 0 Å². The minimum absolute atomic E-state index is 0.121. The van der Waals surface area contributed by atoms with Crippen molar-refractivity contribution < 1.29 is 4.79 Å². The summed E-state index contributed by atoms with van der Waals surface area (Å²) in [6.45, 7) is 3.49. The van der Waals surface area contributed by atoms with E-state index in [4.69, 9.17) is 5.73 Å². The first-order chi connectivity index (χ1) is 6.63. The third-order valence-corrected chi connectivity index (χ3v) is 1.88. The largest absolute Gasteiger partial charge is 0.399 e. The molecule has 0 aromatic heterocycles. The molecule has 0 atom stereocenters. The van der Waals surface area contributed by atoms with Crippen molar-refractivity contribution in [3.05, 3.63) is 23.8 Å². The van der Waals surface area contributed by atoms with Crippen LogP contribution in [-0.4, -0.2) is 5.91 Å². The standard InChI is InChI=1S/C10H15N3O/c1-3-8-6-9(11)4-5-10(8)13-12-7(2)14/h4-6,13H,3,11H2,1-2H3,(H,12,14). The number of hydrogen-bond donors (Lipinski definition) is 3. The van der Waals surface area contributed by atoms with Gasteiger partial charge in [-0.3, -0.25) is 15.6 Å². The van der Waals surface area contributed by atoms with Gasteiger partial charge in [0.1, 0.15) is 0 Å². The van der Waals surface area contributed by atoms with E-state index in [2.05, 4.69) is 10.9 Å². The molecule has 0 saturated carbocycles. The summed E-state index contributed by atoms with van der Waals surface area (Å²) in [5.41, 5.74) is 13.7. The molecule has 76 valence electrons. The molecule has 0 heterocycles. The highest BCUT2D eigenvalue weighted by Gasteiger charge is 2.00. The van der Waals surface area contributed by atoms with Gasteiger partial charge in [-0.05, 0) is 30.2 Å². The van der Waals surface area contributed by atoms with Crippen LogP contribution < -0.4 is 16.6 Å². The third kappa shape index (κ3) is 2.65. The Balaban J connectivity index is 2.80. The van der Waals surface area contributed by atoms with Crippen molar-refractivity contribution in [3.8, 4) is 0 Å². The van der Waals surface area contributed by atoms with Gasteiger partial charge in [-0.25, -0.2) is 0 Å². The third-order valence-electron chi connectivity index (χ3n) is 1.88. The Kier molecular flexibility index (Phi) is 3.34. The van der Waals surface area contributed by atoms with Crippen LogP contribution in [0.2, 0.25) is 0 Å². The number of anilines is 2. The van der Waals surface area contributed by atoms with Gasteiger partial charge in [0.25, 0.3) is 0 Å². The van der Waals surface area contributed by atoms with Gasteiger partial charge in [-0.2, -0.15) is 0 Å². The highest BCUT2D eigenvalue weighted by atomic mass is 16.2. The number of hydrazine groups is 1. The second-order valence-corrected chi connectivity index (χ2v) is 3.08. The highest BCUT2D eigenvalue weighted by molar-refractivity contribution is 5.75. The molecule has 0 aliphatic heterocycles. The topological polar surface area (TPSA) is 67.2 Å². The molecule has 0 fully saturated rings. The molecule has 4 nitrogen and oxygen atoms in total. The van der Waals surface area contributed by atoms with Gasteiger partial charge in [0.2, 0.25) is 5.91 Å². The molecule has 0 aliphatic rings. The maximum absolute atomic E-state index is 10.7. The zero-order valence-electron chi connectivity index (χ0n) is 8.42. The molecular formula is C10H15N3O. The van der Waals surface area contributed by atoms with Crippen LogP contribution in [-0.2, 0) is 11.2 Å². The van der Waals surface area contributed by atoms with Gasteiger partial charge in [-0.1, -0.05) is 6.92 Å². The SMILES string of the molecule is CCc1cc(N)ccc1NNC(C)=O. The van der Waals surface area contributed by atoms with Crippen LogP contribution in [0.3, 0.4) is 0 Å². The second-order valence-electron chi connectivity index (χ2n) is 3.08. The Labute approximate surface area is 83.5 Å². The summed E-state index contributed by atoms with van der Waals surface area (Å²) in [7, 11) is 0. The van der Waals surface area contributed by atoms with Crippen molar-refractivity contribution in [2.45, 2.75) is 20.3 Å². The van der Waals surface area contributed by atoms with Crippen molar-refractivity contribution in [1.82, 2.24) is 5.43 Å². The lowest BCUT2D eigenvalue weighted by atomic mass is 10.1. The second kappa shape index (κ2) is 4.50. The Bertz CT molecular complexity index is 336. The van der Waals surface area contributed by atoms with E-state index in [0.717, 1.165) is 23.4 Å². The summed E-state index contributed by atoms with van der Waals surface area (Å²) in [5, 5.41) is 0. The average molecular weight is 193 g/mol. The Morgan fingerprint density at radius 3 is 2.79 bits per heavy atom. The molecule has 1 aromatic rings. The molecule has 0 aliphatic carbocycles. The first-order valence-corrected chi connectivity index (χ1v) is 4.54. The van der Waals surface area contributed by atoms with E-state index >= 15 is 0 Å². The summed E-state index contributed by atoms with van der Waals surface area (Å²) in [5.74, 6) is -0.121. The van der Waals surface area contributed by atoms with Crippen molar-refractivity contribution >= 4 is 17.3 Å². The number of hydrogen-bond acceptors (Lipinski definition) is 3. The number of carbonyl (C=O) groups is 1. The first kappa shape index (κ1) is 10.4. The predicted molar refractivity (Wildman–Crippen MR) is 57.7 cm³/mol. The molecule has 0 radical (unpaired) electrons. The maximum Gasteiger partial charge on any atom is 0.235 e. The van der Waals surface area contributed by atoms with Crippen LogP contribution in [0.25, 0.3) is 0 Å². The Hall–Kier alpha value is -1.71. The fraction of sp³-hybridized carbons (Fsp3) is 0.300. The molecule has 4 N–H and O–H groups in total.